The first-order chi connectivity index (χ1) is 11.8. The highest BCUT2D eigenvalue weighted by Gasteiger charge is 2.37. The lowest BCUT2D eigenvalue weighted by Crippen LogP contribution is -2.50. The number of hydrogen-bond acceptors (Lipinski definition) is 4. The molecule has 1 aliphatic rings. The van der Waals surface area contributed by atoms with E-state index in [2.05, 4.69) is 5.32 Å². The van der Waals surface area contributed by atoms with Gasteiger partial charge in [-0.3, -0.25) is 9.10 Å². The number of aryl methyl sites for hydroxylation is 2. The van der Waals surface area contributed by atoms with Crippen molar-refractivity contribution in [3.8, 4) is 5.75 Å². The van der Waals surface area contributed by atoms with Crippen LogP contribution >= 0.6 is 0 Å². The highest BCUT2D eigenvalue weighted by Crippen LogP contribution is 2.37. The van der Waals surface area contributed by atoms with Crippen molar-refractivity contribution in [2.75, 3.05) is 17.9 Å². The summed E-state index contributed by atoms with van der Waals surface area (Å²) in [5, 5.41) is 2.51. The predicted molar refractivity (Wildman–Crippen MR) is 95.4 cm³/mol. The lowest BCUT2D eigenvalue weighted by molar-refractivity contribution is -0.127. The highest BCUT2D eigenvalue weighted by molar-refractivity contribution is 7.93. The fourth-order valence-electron chi connectivity index (χ4n) is 2.83. The molecule has 0 saturated carbocycles. The average molecular weight is 360 g/mol. The second kappa shape index (κ2) is 6.40. The Morgan fingerprint density at radius 1 is 1.20 bits per heavy atom. The van der Waals surface area contributed by atoms with Crippen molar-refractivity contribution in [1.82, 2.24) is 5.32 Å². The normalized spacial score (nSPS) is 16.8. The van der Waals surface area contributed by atoms with E-state index in [1.165, 1.54) is 11.4 Å². The van der Waals surface area contributed by atoms with E-state index in [4.69, 9.17) is 4.74 Å². The van der Waals surface area contributed by atoms with Crippen LogP contribution in [0, 0.1) is 13.8 Å². The van der Waals surface area contributed by atoms with Crippen LogP contribution in [0.25, 0.3) is 0 Å². The van der Waals surface area contributed by atoms with Gasteiger partial charge < -0.3 is 10.1 Å². The van der Waals surface area contributed by atoms with E-state index in [0.29, 0.717) is 17.0 Å². The van der Waals surface area contributed by atoms with E-state index < -0.39 is 16.1 Å². The molecule has 2 aromatic carbocycles. The molecule has 25 heavy (non-hydrogen) atoms. The first-order valence-electron chi connectivity index (χ1n) is 7.92. The number of para-hydroxylation sites is 2. The Hall–Kier alpha value is -2.54. The third-order valence-corrected chi connectivity index (χ3v) is 6.11. The number of ether oxygens (including phenoxy) is 1. The van der Waals surface area contributed by atoms with E-state index in [0.717, 1.165) is 5.56 Å². The number of likely N-dealkylation sites (N-methyl/N-ethyl adjacent to an activating group) is 1. The van der Waals surface area contributed by atoms with Gasteiger partial charge in [-0.05, 0) is 43.2 Å². The van der Waals surface area contributed by atoms with Crippen molar-refractivity contribution < 1.29 is 17.9 Å². The molecular weight excluding hydrogens is 340 g/mol. The minimum Gasteiger partial charge on any atom is -0.476 e. The van der Waals surface area contributed by atoms with Gasteiger partial charge in [-0.2, -0.15) is 0 Å². The van der Waals surface area contributed by atoms with Gasteiger partial charge in [-0.25, -0.2) is 8.42 Å². The number of sulfonamides is 1. The average Bonchev–Trinajstić information content (AvgIpc) is 2.61. The summed E-state index contributed by atoms with van der Waals surface area (Å²) in [5.74, 6) is 0.00639. The molecule has 0 aliphatic carbocycles. The summed E-state index contributed by atoms with van der Waals surface area (Å²) >= 11 is 0. The van der Waals surface area contributed by atoms with Crippen molar-refractivity contribution >= 4 is 21.6 Å². The Bertz CT molecular complexity index is 924. The summed E-state index contributed by atoms with van der Waals surface area (Å²) in [7, 11) is -2.33. The molecule has 0 saturated heterocycles. The minimum atomic E-state index is -3.83. The molecule has 1 aliphatic heterocycles. The van der Waals surface area contributed by atoms with Gasteiger partial charge >= 0.3 is 0 Å². The van der Waals surface area contributed by atoms with Crippen LogP contribution in [0.15, 0.2) is 47.4 Å². The summed E-state index contributed by atoms with van der Waals surface area (Å²) in [6, 6.07) is 12.1. The zero-order chi connectivity index (χ0) is 18.2. The number of fused-ring (bicyclic) bond motifs is 1. The quantitative estimate of drug-likeness (QED) is 0.908. The van der Waals surface area contributed by atoms with Crippen molar-refractivity contribution in [2.45, 2.75) is 24.8 Å². The standard InChI is InChI=1S/C18H20N2O4S/c1-12-8-9-13(2)17(10-12)25(22,23)20-11-16(18(21)19-3)24-15-7-5-4-6-14(15)20/h4-10,16H,11H2,1-3H3,(H,19,21). The van der Waals surface area contributed by atoms with Gasteiger partial charge in [0.15, 0.2) is 6.10 Å². The van der Waals surface area contributed by atoms with Gasteiger partial charge in [0.25, 0.3) is 15.9 Å². The van der Waals surface area contributed by atoms with Gasteiger partial charge in [0.1, 0.15) is 5.75 Å². The molecular formula is C18H20N2O4S. The number of carbonyl (C=O) groups is 1. The highest BCUT2D eigenvalue weighted by atomic mass is 32.2. The summed E-state index contributed by atoms with van der Waals surface area (Å²) in [5.41, 5.74) is 1.95. The third-order valence-electron chi connectivity index (χ3n) is 4.19. The number of nitrogens with zero attached hydrogens (tertiary/aromatic N) is 1. The van der Waals surface area contributed by atoms with Crippen molar-refractivity contribution in [3.05, 3.63) is 53.6 Å². The van der Waals surface area contributed by atoms with Crippen LogP contribution in [0.5, 0.6) is 5.75 Å². The van der Waals surface area contributed by atoms with Crippen LogP contribution in [0.4, 0.5) is 5.69 Å². The van der Waals surface area contributed by atoms with Crippen LogP contribution in [0.1, 0.15) is 11.1 Å². The molecule has 0 spiro atoms. The van der Waals surface area contributed by atoms with Crippen molar-refractivity contribution in [1.29, 1.82) is 0 Å². The number of hydrogen-bond donors (Lipinski definition) is 1. The molecule has 0 radical (unpaired) electrons. The fraction of sp³-hybridized carbons (Fsp3) is 0.278. The number of amides is 1. The number of nitrogens with one attached hydrogen (secondary N) is 1. The molecule has 0 bridgehead atoms. The second-order valence-electron chi connectivity index (χ2n) is 5.99. The first-order valence-corrected chi connectivity index (χ1v) is 9.36. The molecule has 0 aromatic heterocycles. The molecule has 1 unspecified atom stereocenters. The lowest BCUT2D eigenvalue weighted by atomic mass is 10.2. The number of rotatable bonds is 3. The molecule has 1 atom stereocenters. The zero-order valence-electron chi connectivity index (χ0n) is 14.3. The Morgan fingerprint density at radius 2 is 1.92 bits per heavy atom. The fourth-order valence-corrected chi connectivity index (χ4v) is 4.62. The molecule has 0 fully saturated rings. The van der Waals surface area contributed by atoms with Gasteiger partial charge in [-0.15, -0.1) is 0 Å². The van der Waals surface area contributed by atoms with Gasteiger partial charge in [0, 0.05) is 7.05 Å². The number of carbonyl (C=O) groups excluding carboxylic acids is 1. The maximum Gasteiger partial charge on any atom is 0.264 e. The Kier molecular flexibility index (Phi) is 4.43. The summed E-state index contributed by atoms with van der Waals surface area (Å²) in [6.45, 7) is 3.53. The smallest absolute Gasteiger partial charge is 0.264 e. The molecule has 2 aromatic rings. The Labute approximate surface area is 147 Å². The van der Waals surface area contributed by atoms with E-state index in [-0.39, 0.29) is 17.3 Å². The van der Waals surface area contributed by atoms with Crippen LogP contribution in [0.3, 0.4) is 0 Å². The molecule has 6 nitrogen and oxygen atoms in total. The Morgan fingerprint density at radius 3 is 2.64 bits per heavy atom. The summed E-state index contributed by atoms with van der Waals surface area (Å²) in [6.07, 6.45) is -0.903. The first kappa shape index (κ1) is 17.3. The van der Waals surface area contributed by atoms with E-state index in [9.17, 15) is 13.2 Å². The molecule has 132 valence electrons. The number of anilines is 1. The number of benzene rings is 2. The van der Waals surface area contributed by atoms with E-state index in [1.54, 1.807) is 43.3 Å². The summed E-state index contributed by atoms with van der Waals surface area (Å²) in [4.78, 5) is 12.3. The van der Waals surface area contributed by atoms with Crippen LogP contribution in [-0.4, -0.2) is 34.0 Å². The largest absolute Gasteiger partial charge is 0.476 e. The van der Waals surface area contributed by atoms with Gasteiger partial charge in [0.05, 0.1) is 17.1 Å². The third kappa shape index (κ3) is 3.07. The molecule has 7 heteroatoms. The monoisotopic (exact) mass is 360 g/mol. The van der Waals surface area contributed by atoms with Gasteiger partial charge in [-0.1, -0.05) is 24.3 Å². The lowest BCUT2D eigenvalue weighted by Gasteiger charge is -2.34. The summed E-state index contributed by atoms with van der Waals surface area (Å²) < 4.78 is 33.6. The van der Waals surface area contributed by atoms with Crippen molar-refractivity contribution in [3.63, 3.8) is 0 Å². The minimum absolute atomic E-state index is 0.0770. The van der Waals surface area contributed by atoms with Crippen LogP contribution < -0.4 is 14.4 Å². The topological polar surface area (TPSA) is 75.7 Å². The second-order valence-corrected chi connectivity index (χ2v) is 7.82. The van der Waals surface area contributed by atoms with Crippen LogP contribution in [0.2, 0.25) is 0 Å². The van der Waals surface area contributed by atoms with Gasteiger partial charge in [0.2, 0.25) is 0 Å². The molecule has 1 heterocycles. The van der Waals surface area contributed by atoms with E-state index >= 15 is 0 Å². The molecule has 1 N–H and O–H groups in total. The van der Waals surface area contributed by atoms with Crippen LogP contribution in [-0.2, 0) is 14.8 Å². The van der Waals surface area contributed by atoms with Crippen molar-refractivity contribution in [2.24, 2.45) is 0 Å². The SMILES string of the molecule is CNC(=O)C1CN(S(=O)(=O)c2cc(C)ccc2C)c2ccccc2O1. The Balaban J connectivity index is 2.13. The molecule has 1 amide bonds. The maximum absolute atomic E-state index is 13.3. The maximum atomic E-state index is 13.3. The predicted octanol–water partition coefficient (Wildman–Crippen LogP) is 2.01. The van der Waals surface area contributed by atoms with E-state index in [1.807, 2.05) is 13.0 Å². The molecule has 3 rings (SSSR count). The zero-order valence-corrected chi connectivity index (χ0v) is 15.1.